The number of nitrogens with one attached hydrogen (secondary N) is 1. The highest BCUT2D eigenvalue weighted by Crippen LogP contribution is 2.23. The van der Waals surface area contributed by atoms with E-state index in [1.54, 1.807) is 0 Å². The quantitative estimate of drug-likeness (QED) is 0.699. The Morgan fingerprint density at radius 1 is 1.43 bits per heavy atom. The number of alkyl halides is 3. The fraction of sp³-hybridized carbons (Fsp3) is 0.143. The normalized spacial score (nSPS) is 12.2. The molecule has 0 radical (unpaired) electrons. The van der Waals surface area contributed by atoms with Gasteiger partial charge in [0.15, 0.2) is 5.43 Å². The number of pyridine rings is 1. The van der Waals surface area contributed by atoms with Crippen LogP contribution in [0.4, 0.5) is 13.2 Å². The first-order valence-electron chi connectivity index (χ1n) is 3.63. The van der Waals surface area contributed by atoms with Crippen LogP contribution in [0.15, 0.2) is 23.3 Å². The molecular weight excluding hydrogens is 199 g/mol. The van der Waals surface area contributed by atoms with Crippen molar-refractivity contribution in [1.82, 2.24) is 14.8 Å². The van der Waals surface area contributed by atoms with Crippen molar-refractivity contribution in [2.75, 3.05) is 0 Å². The second-order valence-electron chi connectivity index (χ2n) is 2.63. The summed E-state index contributed by atoms with van der Waals surface area (Å²) in [6.07, 6.45) is -2.58. The lowest BCUT2D eigenvalue weighted by atomic mass is 10.3. The molecule has 0 fully saturated rings. The number of fused-ring (bicyclic) bond motifs is 1. The molecule has 2 aromatic rings. The number of hydrogen-bond donors (Lipinski definition) is 1. The van der Waals surface area contributed by atoms with Gasteiger partial charge in [0.05, 0.1) is 11.6 Å². The van der Waals surface area contributed by atoms with Crippen molar-refractivity contribution < 1.29 is 13.2 Å². The Balaban J connectivity index is 2.83. The Labute approximate surface area is 75.0 Å². The van der Waals surface area contributed by atoms with Crippen molar-refractivity contribution in [3.05, 3.63) is 28.7 Å². The van der Waals surface area contributed by atoms with E-state index >= 15 is 0 Å². The van der Waals surface area contributed by atoms with Gasteiger partial charge in [-0.2, -0.15) is 9.78 Å². The van der Waals surface area contributed by atoms with E-state index < -0.39 is 11.7 Å². The van der Waals surface area contributed by atoms with E-state index in [0.717, 1.165) is 18.5 Å². The molecule has 0 unspecified atom stereocenters. The van der Waals surface area contributed by atoms with E-state index in [2.05, 4.69) is 10.1 Å². The summed E-state index contributed by atoms with van der Waals surface area (Å²) in [6.45, 7) is 0. The minimum Gasteiger partial charge on any atom is -0.346 e. The summed E-state index contributed by atoms with van der Waals surface area (Å²) in [5, 5.41) is 3.01. The second kappa shape index (κ2) is 2.60. The molecule has 0 saturated carbocycles. The molecule has 1 N–H and O–H groups in total. The second-order valence-corrected chi connectivity index (χ2v) is 2.63. The largest absolute Gasteiger partial charge is 0.506 e. The van der Waals surface area contributed by atoms with Crippen molar-refractivity contribution in [3.63, 3.8) is 0 Å². The Morgan fingerprint density at radius 2 is 2.14 bits per heavy atom. The average molecular weight is 203 g/mol. The van der Waals surface area contributed by atoms with Gasteiger partial charge in [-0.1, -0.05) is 0 Å². The van der Waals surface area contributed by atoms with Gasteiger partial charge in [0.2, 0.25) is 0 Å². The smallest absolute Gasteiger partial charge is 0.346 e. The fourth-order valence-corrected chi connectivity index (χ4v) is 1.15. The monoisotopic (exact) mass is 203 g/mol. The molecular formula is C7H4F3N3O. The van der Waals surface area contributed by atoms with Crippen LogP contribution in [-0.4, -0.2) is 14.8 Å². The van der Waals surface area contributed by atoms with Crippen LogP contribution in [-0.2, 0) is 6.30 Å². The molecule has 0 aliphatic rings. The molecule has 0 atom stereocenters. The molecule has 0 aliphatic carbocycles. The Kier molecular flexibility index (Phi) is 1.63. The Morgan fingerprint density at radius 3 is 2.79 bits per heavy atom. The van der Waals surface area contributed by atoms with Gasteiger partial charge in [-0.3, -0.25) is 4.79 Å². The van der Waals surface area contributed by atoms with Gasteiger partial charge in [0.1, 0.15) is 5.65 Å². The summed E-state index contributed by atoms with van der Waals surface area (Å²) in [7, 11) is 0. The number of nitrogens with zero attached hydrogens (tertiary/aromatic N) is 2. The first-order chi connectivity index (χ1) is 6.50. The van der Waals surface area contributed by atoms with Gasteiger partial charge < -0.3 is 4.98 Å². The highest BCUT2D eigenvalue weighted by Gasteiger charge is 2.33. The molecule has 7 heteroatoms. The first kappa shape index (κ1) is 8.79. The van der Waals surface area contributed by atoms with E-state index in [9.17, 15) is 18.0 Å². The standard InChI is InChI=1S/C7H4F3N3O/c8-7(9,10)13-6-4(3-12-13)5(14)1-2-11-6/h1-3H,(H,11,14). The maximum Gasteiger partial charge on any atom is 0.506 e. The zero-order valence-electron chi connectivity index (χ0n) is 6.67. The van der Waals surface area contributed by atoms with Gasteiger partial charge >= 0.3 is 6.30 Å². The minimum absolute atomic E-state index is 0.0789. The Hall–Kier alpha value is -1.79. The molecule has 14 heavy (non-hydrogen) atoms. The molecule has 2 rings (SSSR count). The number of rotatable bonds is 0. The summed E-state index contributed by atoms with van der Waals surface area (Å²) in [5.74, 6) is 0. The van der Waals surface area contributed by atoms with Gasteiger partial charge in [-0.15, -0.1) is 13.2 Å². The predicted molar refractivity (Wildman–Crippen MR) is 41.7 cm³/mol. The zero-order chi connectivity index (χ0) is 10.3. The molecule has 2 aromatic heterocycles. The molecule has 74 valence electrons. The van der Waals surface area contributed by atoms with Crippen molar-refractivity contribution in [1.29, 1.82) is 0 Å². The topological polar surface area (TPSA) is 50.7 Å². The summed E-state index contributed by atoms with van der Waals surface area (Å²) < 4.78 is 36.6. The summed E-state index contributed by atoms with van der Waals surface area (Å²) in [5.41, 5.74) is -0.834. The van der Waals surface area contributed by atoms with Crippen molar-refractivity contribution in [2.45, 2.75) is 6.30 Å². The van der Waals surface area contributed by atoms with Crippen LogP contribution < -0.4 is 5.43 Å². The number of aromatic amines is 1. The number of hydrogen-bond acceptors (Lipinski definition) is 2. The number of aromatic nitrogens is 3. The Bertz CT molecular complexity index is 525. The first-order valence-corrected chi connectivity index (χ1v) is 3.63. The molecule has 0 aliphatic heterocycles. The van der Waals surface area contributed by atoms with Crippen LogP contribution in [0.1, 0.15) is 0 Å². The molecule has 0 aromatic carbocycles. The zero-order valence-corrected chi connectivity index (χ0v) is 6.67. The van der Waals surface area contributed by atoms with E-state index in [1.807, 2.05) is 0 Å². The SMILES string of the molecule is O=c1cc[nH]c2c1cnn2C(F)(F)F. The summed E-state index contributed by atoms with van der Waals surface area (Å²) >= 11 is 0. The van der Waals surface area contributed by atoms with Crippen molar-refractivity contribution in [2.24, 2.45) is 0 Å². The molecule has 4 nitrogen and oxygen atoms in total. The lowest BCUT2D eigenvalue weighted by Gasteiger charge is -2.05. The van der Waals surface area contributed by atoms with Crippen LogP contribution in [0.5, 0.6) is 0 Å². The summed E-state index contributed by atoms with van der Waals surface area (Å²) in [4.78, 5) is 13.4. The van der Waals surface area contributed by atoms with Gasteiger partial charge in [-0.25, -0.2) is 0 Å². The van der Waals surface area contributed by atoms with Gasteiger partial charge in [0, 0.05) is 12.3 Å². The van der Waals surface area contributed by atoms with Crippen LogP contribution in [0.2, 0.25) is 0 Å². The van der Waals surface area contributed by atoms with Crippen LogP contribution >= 0.6 is 0 Å². The van der Waals surface area contributed by atoms with E-state index in [0.29, 0.717) is 0 Å². The third kappa shape index (κ3) is 1.17. The van der Waals surface area contributed by atoms with E-state index in [-0.39, 0.29) is 15.7 Å². The molecule has 0 saturated heterocycles. The lowest BCUT2D eigenvalue weighted by molar-refractivity contribution is -0.209. The van der Waals surface area contributed by atoms with Gasteiger partial charge in [0.25, 0.3) is 0 Å². The van der Waals surface area contributed by atoms with E-state index in [4.69, 9.17) is 0 Å². The summed E-state index contributed by atoms with van der Waals surface area (Å²) in [6, 6.07) is 1.14. The number of halogens is 3. The number of H-pyrrole nitrogens is 1. The third-order valence-corrected chi connectivity index (χ3v) is 1.73. The third-order valence-electron chi connectivity index (χ3n) is 1.73. The van der Waals surface area contributed by atoms with Gasteiger partial charge in [-0.05, 0) is 0 Å². The van der Waals surface area contributed by atoms with Crippen molar-refractivity contribution in [3.8, 4) is 0 Å². The fourth-order valence-electron chi connectivity index (χ4n) is 1.15. The highest BCUT2D eigenvalue weighted by molar-refractivity contribution is 5.73. The maximum atomic E-state index is 12.3. The van der Waals surface area contributed by atoms with E-state index in [1.165, 1.54) is 0 Å². The maximum absolute atomic E-state index is 12.3. The van der Waals surface area contributed by atoms with Crippen LogP contribution in [0, 0.1) is 0 Å². The van der Waals surface area contributed by atoms with Crippen LogP contribution in [0.25, 0.3) is 11.0 Å². The van der Waals surface area contributed by atoms with Crippen molar-refractivity contribution >= 4 is 11.0 Å². The minimum atomic E-state index is -4.62. The molecule has 0 bridgehead atoms. The molecule has 2 heterocycles. The lowest BCUT2D eigenvalue weighted by Crippen LogP contribution is -2.18. The average Bonchev–Trinajstić information content (AvgIpc) is 2.47. The molecule has 0 spiro atoms. The van der Waals surface area contributed by atoms with Crippen LogP contribution in [0.3, 0.4) is 0 Å². The highest BCUT2D eigenvalue weighted by atomic mass is 19.4. The molecule has 0 amide bonds. The predicted octanol–water partition coefficient (Wildman–Crippen LogP) is 1.20.